The maximum atomic E-state index is 6.08. The van der Waals surface area contributed by atoms with Crippen LogP contribution in [0.1, 0.15) is 31.4 Å². The smallest absolute Gasteiger partial charge is 0.128 e. The Labute approximate surface area is 90.2 Å². The Morgan fingerprint density at radius 3 is 3.00 bits per heavy atom. The molecule has 3 nitrogen and oxygen atoms in total. The largest absolute Gasteiger partial charge is 0.497 e. The lowest BCUT2D eigenvalue weighted by molar-refractivity contribution is 0.154. The molecule has 1 heterocycles. The Bertz CT molecular complexity index is 351. The molecule has 2 rings (SSSR count). The predicted octanol–water partition coefficient (Wildman–Crippen LogP) is 2.26. The summed E-state index contributed by atoms with van der Waals surface area (Å²) in [7, 11) is 1.65. The van der Waals surface area contributed by atoms with Crippen molar-refractivity contribution >= 4 is 0 Å². The highest BCUT2D eigenvalue weighted by Gasteiger charge is 2.24. The molecular weight excluding hydrogens is 190 g/mol. The van der Waals surface area contributed by atoms with Crippen LogP contribution in [0.5, 0.6) is 11.5 Å². The first-order chi connectivity index (χ1) is 7.24. The molecule has 1 aliphatic rings. The van der Waals surface area contributed by atoms with Crippen LogP contribution >= 0.6 is 0 Å². The van der Waals surface area contributed by atoms with Crippen molar-refractivity contribution in [2.75, 3.05) is 7.11 Å². The molecule has 1 aromatic rings. The highest BCUT2D eigenvalue weighted by molar-refractivity contribution is 5.43. The maximum absolute atomic E-state index is 6.08. The Hall–Kier alpha value is -1.22. The van der Waals surface area contributed by atoms with Crippen molar-refractivity contribution in [3.8, 4) is 11.5 Å². The number of hydrogen-bond acceptors (Lipinski definition) is 3. The fourth-order valence-corrected chi connectivity index (χ4v) is 1.94. The summed E-state index contributed by atoms with van der Waals surface area (Å²) < 4.78 is 11.0. The van der Waals surface area contributed by atoms with E-state index in [4.69, 9.17) is 15.2 Å². The predicted molar refractivity (Wildman–Crippen MR) is 59.2 cm³/mol. The molecule has 0 saturated carbocycles. The normalized spacial score (nSPS) is 24.2. The summed E-state index contributed by atoms with van der Waals surface area (Å²) >= 11 is 0. The molecule has 3 heteroatoms. The van der Waals surface area contributed by atoms with Gasteiger partial charge in [0.15, 0.2) is 0 Å². The number of ether oxygens (including phenoxy) is 2. The van der Waals surface area contributed by atoms with Gasteiger partial charge >= 0.3 is 0 Å². The standard InChI is InChI=1S/C12H17NO2/c1-3-8-6-11(13)10-5-4-9(14-2)7-12(10)15-8/h4-5,7-8,11H,3,6,13H2,1-2H3/t8?,11-/m0/s1. The zero-order valence-electron chi connectivity index (χ0n) is 9.19. The van der Waals surface area contributed by atoms with E-state index in [0.29, 0.717) is 0 Å². The molecule has 1 unspecified atom stereocenters. The Morgan fingerprint density at radius 1 is 1.53 bits per heavy atom. The van der Waals surface area contributed by atoms with Gasteiger partial charge in [0.05, 0.1) is 7.11 Å². The number of fused-ring (bicyclic) bond motifs is 1. The van der Waals surface area contributed by atoms with Crippen LogP contribution in [-0.4, -0.2) is 13.2 Å². The molecule has 1 aliphatic heterocycles. The van der Waals surface area contributed by atoms with Gasteiger partial charge in [-0.25, -0.2) is 0 Å². The van der Waals surface area contributed by atoms with Gasteiger partial charge in [0.1, 0.15) is 17.6 Å². The average Bonchev–Trinajstić information content (AvgIpc) is 2.28. The molecule has 0 saturated heterocycles. The van der Waals surface area contributed by atoms with Gasteiger partial charge < -0.3 is 15.2 Å². The number of benzene rings is 1. The van der Waals surface area contributed by atoms with Gasteiger partial charge in [-0.15, -0.1) is 0 Å². The third kappa shape index (κ3) is 1.92. The van der Waals surface area contributed by atoms with Crippen molar-refractivity contribution < 1.29 is 9.47 Å². The summed E-state index contributed by atoms with van der Waals surface area (Å²) in [5.41, 5.74) is 7.17. The van der Waals surface area contributed by atoms with Crippen molar-refractivity contribution in [3.63, 3.8) is 0 Å². The van der Waals surface area contributed by atoms with E-state index < -0.39 is 0 Å². The van der Waals surface area contributed by atoms with Crippen molar-refractivity contribution in [2.45, 2.75) is 31.9 Å². The van der Waals surface area contributed by atoms with Crippen molar-refractivity contribution in [1.82, 2.24) is 0 Å². The number of rotatable bonds is 2. The third-order valence-corrected chi connectivity index (χ3v) is 2.89. The van der Waals surface area contributed by atoms with Crippen molar-refractivity contribution in [2.24, 2.45) is 5.73 Å². The minimum atomic E-state index is 0.0876. The molecule has 0 spiro atoms. The molecular formula is C12H17NO2. The highest BCUT2D eigenvalue weighted by Crippen LogP contribution is 2.36. The molecule has 0 bridgehead atoms. The second-order valence-electron chi connectivity index (χ2n) is 3.89. The topological polar surface area (TPSA) is 44.5 Å². The maximum Gasteiger partial charge on any atom is 0.128 e. The molecule has 15 heavy (non-hydrogen) atoms. The minimum absolute atomic E-state index is 0.0876. The van der Waals surface area contributed by atoms with Crippen LogP contribution in [0.25, 0.3) is 0 Å². The van der Waals surface area contributed by atoms with E-state index in [-0.39, 0.29) is 12.1 Å². The lowest BCUT2D eigenvalue weighted by Gasteiger charge is -2.29. The second-order valence-corrected chi connectivity index (χ2v) is 3.89. The summed E-state index contributed by atoms with van der Waals surface area (Å²) in [6.07, 6.45) is 2.12. The van der Waals surface area contributed by atoms with Crippen LogP contribution in [-0.2, 0) is 0 Å². The van der Waals surface area contributed by atoms with E-state index >= 15 is 0 Å². The first-order valence-corrected chi connectivity index (χ1v) is 5.34. The van der Waals surface area contributed by atoms with Crippen molar-refractivity contribution in [3.05, 3.63) is 23.8 Å². The zero-order chi connectivity index (χ0) is 10.8. The summed E-state index contributed by atoms with van der Waals surface area (Å²) in [6.45, 7) is 2.11. The van der Waals surface area contributed by atoms with E-state index in [1.165, 1.54) is 0 Å². The molecule has 82 valence electrons. The van der Waals surface area contributed by atoms with Gasteiger partial charge in [-0.1, -0.05) is 13.0 Å². The lowest BCUT2D eigenvalue weighted by Crippen LogP contribution is -2.28. The SMILES string of the molecule is CCC1C[C@H](N)c2ccc(OC)cc2O1. The highest BCUT2D eigenvalue weighted by atomic mass is 16.5. The molecule has 0 radical (unpaired) electrons. The van der Waals surface area contributed by atoms with Crippen LogP contribution in [0.2, 0.25) is 0 Å². The van der Waals surface area contributed by atoms with E-state index in [1.807, 2.05) is 18.2 Å². The van der Waals surface area contributed by atoms with Crippen LogP contribution < -0.4 is 15.2 Å². The minimum Gasteiger partial charge on any atom is -0.497 e. The van der Waals surface area contributed by atoms with Crippen LogP contribution in [0.15, 0.2) is 18.2 Å². The summed E-state index contributed by atoms with van der Waals surface area (Å²) in [5.74, 6) is 1.69. The Balaban J connectivity index is 2.33. The first kappa shape index (κ1) is 10.3. The molecule has 0 amide bonds. The van der Waals surface area contributed by atoms with Crippen LogP contribution in [0.3, 0.4) is 0 Å². The summed E-state index contributed by atoms with van der Waals surface area (Å²) in [6, 6.07) is 5.92. The van der Waals surface area contributed by atoms with Gasteiger partial charge in [0, 0.05) is 24.1 Å². The quantitative estimate of drug-likeness (QED) is 0.809. The monoisotopic (exact) mass is 207 g/mol. The molecule has 0 aromatic heterocycles. The van der Waals surface area contributed by atoms with E-state index in [1.54, 1.807) is 7.11 Å². The van der Waals surface area contributed by atoms with Gasteiger partial charge in [0.2, 0.25) is 0 Å². The fourth-order valence-electron chi connectivity index (χ4n) is 1.94. The fraction of sp³-hybridized carbons (Fsp3) is 0.500. The van der Waals surface area contributed by atoms with Gasteiger partial charge in [-0.2, -0.15) is 0 Å². The van der Waals surface area contributed by atoms with Gasteiger partial charge in [0.25, 0.3) is 0 Å². The summed E-state index contributed by atoms with van der Waals surface area (Å²) in [5, 5.41) is 0. The number of nitrogens with two attached hydrogens (primary N) is 1. The van der Waals surface area contributed by atoms with Crippen LogP contribution in [0, 0.1) is 0 Å². The molecule has 2 N–H and O–H groups in total. The van der Waals surface area contributed by atoms with Gasteiger partial charge in [-0.05, 0) is 12.5 Å². The van der Waals surface area contributed by atoms with E-state index in [2.05, 4.69) is 6.92 Å². The molecule has 2 atom stereocenters. The first-order valence-electron chi connectivity index (χ1n) is 5.34. The molecule has 1 aromatic carbocycles. The average molecular weight is 207 g/mol. The molecule has 0 aliphatic carbocycles. The number of methoxy groups -OCH3 is 1. The second kappa shape index (κ2) is 4.11. The Morgan fingerprint density at radius 2 is 2.33 bits per heavy atom. The molecule has 0 fully saturated rings. The third-order valence-electron chi connectivity index (χ3n) is 2.89. The lowest BCUT2D eigenvalue weighted by atomic mass is 9.96. The van der Waals surface area contributed by atoms with Gasteiger partial charge in [-0.3, -0.25) is 0 Å². The zero-order valence-corrected chi connectivity index (χ0v) is 9.19. The number of hydrogen-bond donors (Lipinski definition) is 1. The van der Waals surface area contributed by atoms with Crippen LogP contribution in [0.4, 0.5) is 0 Å². The van der Waals surface area contributed by atoms with Crippen molar-refractivity contribution in [1.29, 1.82) is 0 Å². The summed E-state index contributed by atoms with van der Waals surface area (Å²) in [4.78, 5) is 0. The van der Waals surface area contributed by atoms with E-state index in [9.17, 15) is 0 Å². The Kier molecular flexibility index (Phi) is 2.82. The van der Waals surface area contributed by atoms with E-state index in [0.717, 1.165) is 29.9 Å².